The van der Waals surface area contributed by atoms with Crippen LogP contribution in [0.3, 0.4) is 0 Å². The summed E-state index contributed by atoms with van der Waals surface area (Å²) in [6.45, 7) is 6.60. The zero-order valence-corrected chi connectivity index (χ0v) is 21.4. The summed E-state index contributed by atoms with van der Waals surface area (Å²) in [6.07, 6.45) is -5.81. The molecule has 4 rings (SSSR count). The fourth-order valence-corrected chi connectivity index (χ4v) is 4.56. The molecule has 11 heteroatoms. The Morgan fingerprint density at radius 1 is 1.08 bits per heavy atom. The Hall–Kier alpha value is -2.70. The summed E-state index contributed by atoms with van der Waals surface area (Å²) >= 11 is 0. The maximum absolute atomic E-state index is 11.6. The van der Waals surface area contributed by atoms with Crippen LogP contribution < -0.4 is 4.74 Å². The number of aryl methyl sites for hydroxylation is 1. The van der Waals surface area contributed by atoms with Crippen molar-refractivity contribution in [3.63, 3.8) is 0 Å². The monoisotopic (exact) mass is 520 g/mol. The van der Waals surface area contributed by atoms with E-state index in [2.05, 4.69) is 31.2 Å². The van der Waals surface area contributed by atoms with Gasteiger partial charge in [0.2, 0.25) is 12.2 Å². The Bertz CT molecular complexity index is 1040. The summed E-state index contributed by atoms with van der Waals surface area (Å²) in [4.78, 5) is 11.6. The topological polar surface area (TPSA) is 142 Å². The Balaban J connectivity index is 1.57. The molecule has 2 fully saturated rings. The molecule has 0 unspecified atom stereocenters. The number of aliphatic hydroxyl groups is 3. The molecule has 2 aromatic rings. The highest BCUT2D eigenvalue weighted by Crippen LogP contribution is 2.32. The van der Waals surface area contributed by atoms with Gasteiger partial charge >= 0.3 is 6.16 Å². The van der Waals surface area contributed by atoms with Crippen LogP contribution in [-0.2, 0) is 31.8 Å². The van der Waals surface area contributed by atoms with E-state index in [1.54, 1.807) is 6.92 Å². The molecule has 1 aromatic heterocycles. The highest BCUT2D eigenvalue weighted by molar-refractivity contribution is 5.59. The van der Waals surface area contributed by atoms with Crippen LogP contribution in [0.25, 0.3) is 0 Å². The van der Waals surface area contributed by atoms with Gasteiger partial charge < -0.3 is 39.0 Å². The molecule has 11 nitrogen and oxygen atoms in total. The van der Waals surface area contributed by atoms with Gasteiger partial charge in [0.1, 0.15) is 31.0 Å². The number of rotatable bonds is 9. The van der Waals surface area contributed by atoms with Gasteiger partial charge in [-0.25, -0.2) is 4.79 Å². The minimum absolute atomic E-state index is 0.0499. The van der Waals surface area contributed by atoms with Gasteiger partial charge in [0.05, 0.1) is 19.3 Å². The number of nitrogens with zero attached hydrogens (tertiary/aromatic N) is 2. The second-order valence-corrected chi connectivity index (χ2v) is 9.30. The summed E-state index contributed by atoms with van der Waals surface area (Å²) in [6, 6.07) is 8.34. The van der Waals surface area contributed by atoms with Crippen LogP contribution in [-0.4, -0.2) is 88.4 Å². The van der Waals surface area contributed by atoms with Gasteiger partial charge in [0.15, 0.2) is 0 Å². The molecular weight excluding hydrogens is 484 g/mol. The summed E-state index contributed by atoms with van der Waals surface area (Å²) < 4.78 is 28.9. The first-order valence-corrected chi connectivity index (χ1v) is 12.7. The average molecular weight is 521 g/mol. The maximum Gasteiger partial charge on any atom is 0.508 e. The zero-order chi connectivity index (χ0) is 26.5. The molecule has 1 aromatic carbocycles. The lowest BCUT2D eigenvalue weighted by atomic mass is 9.99. The van der Waals surface area contributed by atoms with Gasteiger partial charge in [0.25, 0.3) is 0 Å². The lowest BCUT2D eigenvalue weighted by Crippen LogP contribution is -2.60. The average Bonchev–Trinajstić information content (AvgIpc) is 3.53. The third-order valence-electron chi connectivity index (χ3n) is 6.82. The fraction of sp³-hybridized carbons (Fsp3) is 0.615. The van der Waals surface area contributed by atoms with Gasteiger partial charge in [-0.3, -0.25) is 4.68 Å². The zero-order valence-electron chi connectivity index (χ0n) is 21.4. The van der Waals surface area contributed by atoms with Gasteiger partial charge in [-0.1, -0.05) is 31.2 Å². The Morgan fingerprint density at radius 3 is 2.46 bits per heavy atom. The van der Waals surface area contributed by atoms with Gasteiger partial charge in [-0.05, 0) is 37.8 Å². The molecular formula is C26H36N2O9. The van der Waals surface area contributed by atoms with E-state index in [9.17, 15) is 20.1 Å². The smallest absolute Gasteiger partial charge is 0.443 e. The van der Waals surface area contributed by atoms with Crippen molar-refractivity contribution in [1.82, 2.24) is 9.78 Å². The Morgan fingerprint density at radius 2 is 1.81 bits per heavy atom. The summed E-state index contributed by atoms with van der Waals surface area (Å²) in [7, 11) is 0. The van der Waals surface area contributed by atoms with Crippen LogP contribution in [0.2, 0.25) is 0 Å². The third-order valence-corrected chi connectivity index (χ3v) is 6.82. The first kappa shape index (κ1) is 27.3. The molecule has 3 heterocycles. The van der Waals surface area contributed by atoms with Crippen LogP contribution in [0.4, 0.5) is 4.79 Å². The lowest BCUT2D eigenvalue weighted by Gasteiger charge is -2.39. The van der Waals surface area contributed by atoms with Gasteiger partial charge in [0, 0.05) is 24.3 Å². The minimum atomic E-state index is -1.59. The molecule has 0 amide bonds. The number of carbonyl (C=O) groups is 1. The van der Waals surface area contributed by atoms with E-state index < -0.39 is 43.5 Å². The van der Waals surface area contributed by atoms with Gasteiger partial charge in [-0.2, -0.15) is 0 Å². The van der Waals surface area contributed by atoms with Crippen molar-refractivity contribution in [3.8, 4) is 5.88 Å². The van der Waals surface area contributed by atoms with E-state index in [0.29, 0.717) is 19.6 Å². The second kappa shape index (κ2) is 12.2. The fourth-order valence-electron chi connectivity index (χ4n) is 4.56. The number of aromatic nitrogens is 2. The molecule has 0 spiro atoms. The molecule has 6 atom stereocenters. The van der Waals surface area contributed by atoms with Crippen LogP contribution in [0.15, 0.2) is 24.3 Å². The first-order chi connectivity index (χ1) is 17.8. The number of hydrogen-bond donors (Lipinski definition) is 3. The maximum atomic E-state index is 11.6. The molecule has 204 valence electrons. The summed E-state index contributed by atoms with van der Waals surface area (Å²) in [5.41, 5.74) is 4.01. The van der Waals surface area contributed by atoms with E-state index in [0.717, 1.165) is 29.7 Å². The predicted molar refractivity (Wildman–Crippen MR) is 130 cm³/mol. The standard InChI is InChI=1S/C26H36N2O9/c1-4-16-6-8-17(9-7-16)12-19-15(3)28(18-10-11-33-13-18)27-24(19)37-25-23(31)22(30)21(29)20(36-25)14-35-26(32)34-5-2/h6-9,18,20-23,25,29-31H,4-5,10-14H2,1-3H3/t18-,20-,21-,22+,23-,25+/m1/s1. The van der Waals surface area contributed by atoms with Crippen molar-refractivity contribution in [1.29, 1.82) is 0 Å². The quantitative estimate of drug-likeness (QED) is 0.418. The number of hydrogen-bond acceptors (Lipinski definition) is 10. The Kier molecular flexibility index (Phi) is 9.04. The van der Waals surface area contributed by atoms with E-state index in [1.807, 2.05) is 11.6 Å². The van der Waals surface area contributed by atoms with Gasteiger partial charge in [-0.15, -0.1) is 5.10 Å². The van der Waals surface area contributed by atoms with Crippen LogP contribution >= 0.6 is 0 Å². The molecule has 0 aliphatic carbocycles. The lowest BCUT2D eigenvalue weighted by molar-refractivity contribution is -0.278. The van der Waals surface area contributed by atoms with Crippen molar-refractivity contribution >= 4 is 6.16 Å². The van der Waals surface area contributed by atoms with E-state index in [1.165, 1.54) is 5.56 Å². The van der Waals surface area contributed by atoms with E-state index in [4.69, 9.17) is 28.8 Å². The summed E-state index contributed by atoms with van der Waals surface area (Å²) in [5.74, 6) is 0.252. The number of ether oxygens (including phenoxy) is 5. The molecule has 37 heavy (non-hydrogen) atoms. The SMILES string of the molecule is CCOC(=O)OC[C@H]1O[C@@H](Oc2nn([C@@H]3CCOC3)c(C)c2Cc2ccc(CC)cc2)[C@H](O)[C@@H](O)[C@@H]1O. The van der Waals surface area contributed by atoms with Crippen molar-refractivity contribution in [2.45, 2.75) is 76.8 Å². The highest BCUT2D eigenvalue weighted by Gasteiger charge is 2.46. The van der Waals surface area contributed by atoms with Crippen molar-refractivity contribution in [3.05, 3.63) is 46.6 Å². The molecule has 0 radical (unpaired) electrons. The van der Waals surface area contributed by atoms with Crippen molar-refractivity contribution < 1.29 is 43.8 Å². The molecule has 2 aliphatic heterocycles. The van der Waals surface area contributed by atoms with Crippen molar-refractivity contribution in [2.75, 3.05) is 26.4 Å². The molecule has 0 bridgehead atoms. The second-order valence-electron chi connectivity index (χ2n) is 9.30. The summed E-state index contributed by atoms with van der Waals surface area (Å²) in [5, 5.41) is 36.1. The molecule has 0 saturated carbocycles. The number of carbonyl (C=O) groups excluding carboxylic acids is 1. The van der Waals surface area contributed by atoms with Crippen LogP contribution in [0, 0.1) is 6.92 Å². The van der Waals surface area contributed by atoms with E-state index in [-0.39, 0.29) is 18.5 Å². The third kappa shape index (κ3) is 6.24. The van der Waals surface area contributed by atoms with Crippen molar-refractivity contribution in [2.24, 2.45) is 0 Å². The number of aliphatic hydroxyl groups excluding tert-OH is 3. The highest BCUT2D eigenvalue weighted by atomic mass is 16.7. The van der Waals surface area contributed by atoms with Crippen LogP contribution in [0.1, 0.15) is 48.7 Å². The molecule has 2 aliphatic rings. The minimum Gasteiger partial charge on any atom is -0.443 e. The van der Waals surface area contributed by atoms with E-state index >= 15 is 0 Å². The number of benzene rings is 1. The Labute approximate surface area is 215 Å². The largest absolute Gasteiger partial charge is 0.508 e. The first-order valence-electron chi connectivity index (χ1n) is 12.7. The molecule has 3 N–H and O–H groups in total. The predicted octanol–water partition coefficient (Wildman–Crippen LogP) is 1.67. The molecule has 2 saturated heterocycles. The van der Waals surface area contributed by atoms with Crippen LogP contribution in [0.5, 0.6) is 5.88 Å². The normalized spacial score (nSPS) is 27.7.